The van der Waals surface area contributed by atoms with Gasteiger partial charge in [-0.05, 0) is 18.4 Å². The summed E-state index contributed by atoms with van der Waals surface area (Å²) in [5, 5.41) is 0.286. The van der Waals surface area contributed by atoms with E-state index in [9.17, 15) is 4.79 Å². The summed E-state index contributed by atoms with van der Waals surface area (Å²) in [4.78, 5) is 17.4. The third-order valence-electron chi connectivity index (χ3n) is 10.5. The van der Waals surface area contributed by atoms with Crippen LogP contribution in [0.25, 0.3) is 19.8 Å². The molecule has 0 N–H and O–H groups in total. The quantitative estimate of drug-likeness (QED) is 0.0473. The van der Waals surface area contributed by atoms with E-state index < -0.39 is 8.07 Å². The summed E-state index contributed by atoms with van der Waals surface area (Å²) in [6, 6.07) is 18.5. The normalized spacial score (nSPS) is 12.3. The first kappa shape index (κ1) is 38.5. The predicted molar refractivity (Wildman–Crippen MR) is 223 cm³/mol. The van der Waals surface area contributed by atoms with E-state index in [1.165, 1.54) is 115 Å². The molecule has 4 aromatic heterocycles. The Kier molecular flexibility index (Phi) is 13.9. The maximum Gasteiger partial charge on any atom is -0.0533 e. The molecule has 0 spiro atoms. The van der Waals surface area contributed by atoms with Crippen LogP contribution in [0.4, 0.5) is 0 Å². The number of methoxy groups -OCH3 is 1. The second kappa shape index (κ2) is 17.7. The van der Waals surface area contributed by atoms with Gasteiger partial charge in [-0.15, -0.1) is 0 Å². The molecule has 1 aromatic carbocycles. The van der Waals surface area contributed by atoms with E-state index in [4.69, 9.17) is 4.74 Å². The Morgan fingerprint density at radius 3 is 1.94 bits per heavy atom. The molecule has 49 heavy (non-hydrogen) atoms. The molecule has 0 aliphatic rings. The standard InChI is InChI=1S/C42H56O2S3SeSi/c1-8-9-10-11-12-13-14-15-16-17-18-30-19-21-31(22-20-30)36-28-35(44-5)37(47-36)24-33-25-38-39(45-33)26-34(46-38)27-40-32(29-43)23-41(48-40)49(6,7)42(2,3)4/h19-23,25-26,28-29H,8-18,24,27H2,1-7H3. The Labute approximate surface area is 315 Å². The Hall–Kier alpha value is -1.73. The topological polar surface area (TPSA) is 26.3 Å². The summed E-state index contributed by atoms with van der Waals surface area (Å²) in [6.45, 7) is 14.3. The first-order valence-corrected chi connectivity index (χ1v) is 25.5. The van der Waals surface area contributed by atoms with Crippen molar-refractivity contribution in [2.24, 2.45) is 0 Å². The number of ether oxygens (including phenoxy) is 1. The van der Waals surface area contributed by atoms with Crippen LogP contribution < -0.4 is 8.80 Å². The number of unbranched alkanes of at least 4 members (excludes halogenated alkanes) is 9. The van der Waals surface area contributed by atoms with E-state index in [0.717, 1.165) is 30.4 Å². The van der Waals surface area contributed by atoms with E-state index in [1.807, 2.05) is 34.0 Å². The fraction of sp³-hybridized carbons (Fsp3) is 0.500. The summed E-state index contributed by atoms with van der Waals surface area (Å²) < 4.78 is 11.5. The van der Waals surface area contributed by atoms with Crippen molar-refractivity contribution in [1.82, 2.24) is 0 Å². The van der Waals surface area contributed by atoms with Gasteiger partial charge in [-0.1, -0.05) is 89.0 Å². The molecule has 5 rings (SSSR count). The van der Waals surface area contributed by atoms with Crippen LogP contribution in [-0.4, -0.2) is 36.0 Å². The molecule has 7 heteroatoms. The fourth-order valence-electron chi connectivity index (χ4n) is 6.29. The van der Waals surface area contributed by atoms with Crippen molar-refractivity contribution in [1.29, 1.82) is 0 Å². The van der Waals surface area contributed by atoms with Gasteiger partial charge in [0.05, 0.1) is 0 Å². The molecular formula is C42H56O2S3SeSi. The van der Waals surface area contributed by atoms with Crippen LogP contribution in [0.3, 0.4) is 0 Å². The molecule has 0 amide bonds. The maximum absolute atomic E-state index is 12.1. The van der Waals surface area contributed by atoms with Gasteiger partial charge in [-0.25, -0.2) is 0 Å². The second-order valence-corrected chi connectivity index (χ2v) is 27.2. The number of carbonyl (C=O) groups excluding carboxylic acids is 1. The van der Waals surface area contributed by atoms with Crippen LogP contribution in [-0.2, 0) is 19.3 Å². The van der Waals surface area contributed by atoms with E-state index >= 15 is 0 Å². The van der Waals surface area contributed by atoms with Crippen molar-refractivity contribution in [2.75, 3.05) is 7.11 Å². The molecule has 5 aromatic rings. The van der Waals surface area contributed by atoms with Gasteiger partial charge in [-0.3, -0.25) is 0 Å². The third kappa shape index (κ3) is 9.99. The van der Waals surface area contributed by atoms with Gasteiger partial charge < -0.3 is 0 Å². The molecule has 2 nitrogen and oxygen atoms in total. The van der Waals surface area contributed by atoms with Crippen LogP contribution in [0.15, 0.2) is 48.5 Å². The predicted octanol–water partition coefficient (Wildman–Crippen LogP) is 12.9. The van der Waals surface area contributed by atoms with Gasteiger partial charge in [0.2, 0.25) is 0 Å². The molecule has 4 heterocycles. The van der Waals surface area contributed by atoms with Crippen molar-refractivity contribution in [3.05, 3.63) is 78.7 Å². The minimum atomic E-state index is -1.61. The Morgan fingerprint density at radius 2 is 1.37 bits per heavy atom. The monoisotopic (exact) mass is 796 g/mol. The number of benzene rings is 1. The van der Waals surface area contributed by atoms with Gasteiger partial charge in [0.15, 0.2) is 0 Å². The number of thiophene rings is 3. The average molecular weight is 796 g/mol. The van der Waals surface area contributed by atoms with E-state index in [0.29, 0.717) is 0 Å². The molecule has 0 unspecified atom stereocenters. The molecular weight excluding hydrogens is 740 g/mol. The summed E-state index contributed by atoms with van der Waals surface area (Å²) in [6.07, 6.45) is 17.9. The molecule has 0 aliphatic heterocycles. The Balaban J connectivity index is 1.16. The number of carbonyl (C=O) groups is 1. The van der Waals surface area contributed by atoms with Gasteiger partial charge >= 0.3 is 210 Å². The number of hydrogen-bond acceptors (Lipinski definition) is 5. The molecule has 264 valence electrons. The zero-order chi connectivity index (χ0) is 35.0. The molecule has 0 aliphatic carbocycles. The van der Waals surface area contributed by atoms with Crippen LogP contribution in [0.2, 0.25) is 18.1 Å². The zero-order valence-corrected chi connectivity index (χ0v) is 36.0. The molecule has 0 saturated carbocycles. The van der Waals surface area contributed by atoms with Crippen molar-refractivity contribution in [3.8, 4) is 16.2 Å². The van der Waals surface area contributed by atoms with Crippen LogP contribution >= 0.6 is 34.0 Å². The molecule has 0 fully saturated rings. The van der Waals surface area contributed by atoms with Crippen LogP contribution in [0.5, 0.6) is 5.75 Å². The van der Waals surface area contributed by atoms with Crippen molar-refractivity contribution in [2.45, 2.75) is 129 Å². The number of aldehydes is 1. The number of aryl methyl sites for hydroxylation is 1. The van der Waals surface area contributed by atoms with E-state index in [-0.39, 0.29) is 19.5 Å². The maximum atomic E-state index is 12.1. The van der Waals surface area contributed by atoms with Crippen molar-refractivity contribution in [3.63, 3.8) is 0 Å². The van der Waals surface area contributed by atoms with Crippen LogP contribution in [0.1, 0.15) is 127 Å². The van der Waals surface area contributed by atoms with Crippen molar-refractivity contribution >= 4 is 76.3 Å². The molecule has 0 saturated heterocycles. The largest absolute Gasteiger partial charge is 0.0584 e. The number of hydrogen-bond donors (Lipinski definition) is 0. The van der Waals surface area contributed by atoms with Crippen LogP contribution in [0, 0.1) is 0 Å². The number of rotatable bonds is 19. The minimum Gasteiger partial charge on any atom is -0.0584 e. The molecule has 0 atom stereocenters. The first-order chi connectivity index (χ1) is 23.5. The van der Waals surface area contributed by atoms with Gasteiger partial charge in [-0.2, -0.15) is 0 Å². The fourth-order valence-corrected chi connectivity index (χ4v) is 17.8. The number of fused-ring (bicyclic) bond motifs is 1. The summed E-state index contributed by atoms with van der Waals surface area (Å²) in [5.74, 6) is 0.994. The smallest absolute Gasteiger partial charge is 0.0533 e. The summed E-state index contributed by atoms with van der Waals surface area (Å²) in [5.41, 5.74) is 3.67. The third-order valence-corrected chi connectivity index (χ3v) is 24.8. The minimum absolute atomic E-state index is 0.280. The van der Waals surface area contributed by atoms with Gasteiger partial charge in [0.25, 0.3) is 0 Å². The van der Waals surface area contributed by atoms with Gasteiger partial charge in [0.1, 0.15) is 0 Å². The second-order valence-electron chi connectivity index (χ2n) is 15.2. The Bertz CT molecular complexity index is 1750. The average Bonchev–Trinajstić information content (AvgIpc) is 3.85. The summed E-state index contributed by atoms with van der Waals surface area (Å²) >= 11 is 5.95. The summed E-state index contributed by atoms with van der Waals surface area (Å²) in [7, 11) is 0.182. The van der Waals surface area contributed by atoms with Gasteiger partial charge in [0, 0.05) is 0 Å². The molecule has 0 bridgehead atoms. The SMILES string of the molecule is CCCCCCCCCCCCc1ccc(-c2cc(OC)c(Cc3cc4sc(Cc5[se]c([Si](C)(C)C(C)(C)C)cc5C=O)cc4s3)s2)cc1. The van der Waals surface area contributed by atoms with E-state index in [1.54, 1.807) is 11.2 Å². The van der Waals surface area contributed by atoms with Crippen molar-refractivity contribution < 1.29 is 9.53 Å². The first-order valence-electron chi connectivity index (χ1n) is 18.4. The Morgan fingerprint density at radius 1 is 0.776 bits per heavy atom. The van der Waals surface area contributed by atoms with E-state index in [2.05, 4.69) is 89.3 Å². The zero-order valence-electron chi connectivity index (χ0n) is 30.8. The molecule has 0 radical (unpaired) electrons.